The second-order valence-corrected chi connectivity index (χ2v) is 11.1. The minimum absolute atomic E-state index is 0.00377. The minimum Gasteiger partial charge on any atom is -0.461 e. The molecule has 164 valence electrons. The summed E-state index contributed by atoms with van der Waals surface area (Å²) in [7, 11) is 0. The topological polar surface area (TPSA) is 91.8 Å². The third kappa shape index (κ3) is 2.29. The Labute approximate surface area is 173 Å². The molecule has 0 aromatic heterocycles. The summed E-state index contributed by atoms with van der Waals surface area (Å²) in [5.74, 6) is -0.214. The number of aliphatic hydroxyl groups is 2. The quantitative estimate of drug-likeness (QED) is 0.382. The number of ether oxygens (including phenoxy) is 3. The number of carbonyl (C=O) groups excluding carboxylic acids is 1. The second-order valence-electron chi connectivity index (χ2n) is 11.1. The number of rotatable bonds is 7. The van der Waals surface area contributed by atoms with Gasteiger partial charge in [-0.2, -0.15) is 0 Å². The lowest BCUT2D eigenvalue weighted by molar-refractivity contribution is -0.164. The van der Waals surface area contributed by atoms with Crippen LogP contribution in [-0.4, -0.2) is 58.4 Å². The van der Waals surface area contributed by atoms with Crippen molar-refractivity contribution in [2.24, 2.45) is 22.7 Å². The van der Waals surface area contributed by atoms with E-state index in [1.54, 1.807) is 0 Å². The Morgan fingerprint density at radius 3 is 2.45 bits per heavy atom. The highest BCUT2D eigenvalue weighted by atomic mass is 16.7. The summed E-state index contributed by atoms with van der Waals surface area (Å²) in [5, 5.41) is 22.1. The number of hydrogen-bond donors (Lipinski definition) is 2. The number of fused-ring (bicyclic) bond motifs is 3. The van der Waals surface area contributed by atoms with Crippen molar-refractivity contribution in [1.82, 2.24) is 0 Å². The van der Waals surface area contributed by atoms with E-state index in [2.05, 4.69) is 27.7 Å². The summed E-state index contributed by atoms with van der Waals surface area (Å²) in [6, 6.07) is 0. The SMILES string of the molecule is CCCCCCCC(=O)OC1C2C(CC1(C)C)C(O)C13OC1C(O)C1(CO1)C23C. The molecule has 3 saturated carbocycles. The Hall–Kier alpha value is -0.690. The summed E-state index contributed by atoms with van der Waals surface area (Å²) in [6.45, 7) is 9.02. The van der Waals surface area contributed by atoms with E-state index in [4.69, 9.17) is 14.2 Å². The van der Waals surface area contributed by atoms with Gasteiger partial charge < -0.3 is 24.4 Å². The molecule has 6 heteroatoms. The molecule has 6 nitrogen and oxygen atoms in total. The molecule has 5 aliphatic rings. The summed E-state index contributed by atoms with van der Waals surface area (Å²) < 4.78 is 18.0. The van der Waals surface area contributed by atoms with Crippen LogP contribution in [0.15, 0.2) is 0 Å². The lowest BCUT2D eigenvalue weighted by atomic mass is 9.64. The van der Waals surface area contributed by atoms with Gasteiger partial charge in [0.2, 0.25) is 0 Å². The van der Waals surface area contributed by atoms with E-state index in [-0.39, 0.29) is 35.4 Å². The molecule has 2 N–H and O–H groups in total. The van der Waals surface area contributed by atoms with Crippen molar-refractivity contribution in [2.75, 3.05) is 6.61 Å². The molecule has 5 fully saturated rings. The fourth-order valence-corrected chi connectivity index (χ4v) is 7.64. The van der Waals surface area contributed by atoms with Gasteiger partial charge in [0.25, 0.3) is 0 Å². The standard InChI is InChI=1S/C23H36O6/c1-5-6-7-8-9-10-14(24)28-18-15-13(11-20(18,2)3)16(25)23-19(29-23)17(26)22(12-27-22)21(15,23)4/h13,15-19,25-26H,5-12H2,1-4H3. The van der Waals surface area contributed by atoms with Gasteiger partial charge in [-0.3, -0.25) is 4.79 Å². The van der Waals surface area contributed by atoms with Crippen LogP contribution in [0.25, 0.3) is 0 Å². The molecule has 2 spiro atoms. The third-order valence-corrected chi connectivity index (χ3v) is 9.17. The Morgan fingerprint density at radius 1 is 1.10 bits per heavy atom. The second kappa shape index (κ2) is 6.18. The largest absolute Gasteiger partial charge is 0.461 e. The molecular formula is C23H36O6. The van der Waals surface area contributed by atoms with Gasteiger partial charge in [0.05, 0.1) is 12.7 Å². The number of esters is 1. The van der Waals surface area contributed by atoms with Crippen LogP contribution in [-0.2, 0) is 19.0 Å². The lowest BCUT2D eigenvalue weighted by Gasteiger charge is -2.42. The summed E-state index contributed by atoms with van der Waals surface area (Å²) in [4.78, 5) is 12.7. The smallest absolute Gasteiger partial charge is 0.306 e. The monoisotopic (exact) mass is 408 g/mol. The fourth-order valence-electron chi connectivity index (χ4n) is 7.64. The van der Waals surface area contributed by atoms with Crippen LogP contribution < -0.4 is 0 Å². The van der Waals surface area contributed by atoms with Crippen LogP contribution in [0, 0.1) is 22.7 Å². The van der Waals surface area contributed by atoms with Gasteiger partial charge in [-0.1, -0.05) is 53.4 Å². The van der Waals surface area contributed by atoms with Crippen molar-refractivity contribution in [3.05, 3.63) is 0 Å². The van der Waals surface area contributed by atoms with Crippen LogP contribution in [0.1, 0.15) is 72.6 Å². The van der Waals surface area contributed by atoms with Gasteiger partial charge in [0.1, 0.15) is 29.5 Å². The van der Waals surface area contributed by atoms with Crippen LogP contribution in [0.5, 0.6) is 0 Å². The number of carbonyl (C=O) groups is 1. The van der Waals surface area contributed by atoms with Gasteiger partial charge in [0.15, 0.2) is 0 Å². The molecule has 2 heterocycles. The molecule has 2 saturated heterocycles. The maximum absolute atomic E-state index is 12.7. The first-order chi connectivity index (χ1) is 13.7. The van der Waals surface area contributed by atoms with E-state index in [9.17, 15) is 15.0 Å². The molecule has 0 radical (unpaired) electrons. The zero-order valence-corrected chi connectivity index (χ0v) is 18.1. The Kier molecular flexibility index (Phi) is 4.31. The molecule has 2 aliphatic heterocycles. The molecule has 9 atom stereocenters. The molecule has 5 rings (SSSR count). The number of unbranched alkanes of at least 4 members (excludes halogenated alkanes) is 4. The van der Waals surface area contributed by atoms with Crippen LogP contribution in [0.4, 0.5) is 0 Å². The van der Waals surface area contributed by atoms with E-state index < -0.39 is 28.8 Å². The van der Waals surface area contributed by atoms with Crippen molar-refractivity contribution in [3.63, 3.8) is 0 Å². The minimum atomic E-state index is -0.750. The van der Waals surface area contributed by atoms with Crippen molar-refractivity contribution in [3.8, 4) is 0 Å². The molecule has 0 aromatic rings. The Bertz CT molecular complexity index is 701. The van der Waals surface area contributed by atoms with Crippen LogP contribution in [0.2, 0.25) is 0 Å². The molecule has 29 heavy (non-hydrogen) atoms. The van der Waals surface area contributed by atoms with Crippen LogP contribution in [0.3, 0.4) is 0 Å². The molecule has 9 unspecified atom stereocenters. The molecule has 0 aromatic carbocycles. The first kappa shape index (κ1) is 20.2. The van der Waals surface area contributed by atoms with E-state index in [0.717, 1.165) is 25.7 Å². The summed E-state index contributed by atoms with van der Waals surface area (Å²) >= 11 is 0. The highest BCUT2D eigenvalue weighted by Crippen LogP contribution is 2.82. The summed E-state index contributed by atoms with van der Waals surface area (Å²) in [6.07, 6.45) is 4.66. The summed E-state index contributed by atoms with van der Waals surface area (Å²) in [5.41, 5.74) is -2.19. The van der Waals surface area contributed by atoms with E-state index in [1.165, 1.54) is 12.8 Å². The van der Waals surface area contributed by atoms with Gasteiger partial charge in [0, 0.05) is 23.2 Å². The van der Waals surface area contributed by atoms with E-state index >= 15 is 0 Å². The number of hydrogen-bond acceptors (Lipinski definition) is 6. The zero-order chi connectivity index (χ0) is 20.8. The normalized spacial score (nSPS) is 52.9. The average Bonchev–Trinajstić information content (AvgIpc) is 3.55. The number of aliphatic hydroxyl groups excluding tert-OH is 2. The predicted octanol–water partition coefficient (Wildman–Crippen LogP) is 2.58. The van der Waals surface area contributed by atoms with Gasteiger partial charge in [-0.05, 0) is 18.8 Å². The zero-order valence-electron chi connectivity index (χ0n) is 18.1. The predicted molar refractivity (Wildman–Crippen MR) is 105 cm³/mol. The Balaban J connectivity index is 1.37. The maximum atomic E-state index is 12.7. The average molecular weight is 409 g/mol. The van der Waals surface area contributed by atoms with Gasteiger partial charge >= 0.3 is 5.97 Å². The highest BCUT2D eigenvalue weighted by Gasteiger charge is 2.97. The highest BCUT2D eigenvalue weighted by molar-refractivity contribution is 5.69. The molecular weight excluding hydrogens is 372 g/mol. The first-order valence-corrected chi connectivity index (χ1v) is 11.5. The molecule has 3 aliphatic carbocycles. The third-order valence-electron chi connectivity index (χ3n) is 9.17. The van der Waals surface area contributed by atoms with E-state index in [1.807, 2.05) is 0 Å². The molecule has 0 amide bonds. The van der Waals surface area contributed by atoms with Crippen molar-refractivity contribution < 1.29 is 29.2 Å². The maximum Gasteiger partial charge on any atom is 0.306 e. The fraction of sp³-hybridized carbons (Fsp3) is 0.957. The van der Waals surface area contributed by atoms with Crippen molar-refractivity contribution in [2.45, 2.75) is 108 Å². The molecule has 0 bridgehead atoms. The Morgan fingerprint density at radius 2 is 1.79 bits per heavy atom. The van der Waals surface area contributed by atoms with Gasteiger partial charge in [-0.15, -0.1) is 0 Å². The van der Waals surface area contributed by atoms with Gasteiger partial charge in [-0.25, -0.2) is 0 Å². The lowest BCUT2D eigenvalue weighted by Crippen LogP contribution is -2.54. The van der Waals surface area contributed by atoms with Crippen LogP contribution >= 0.6 is 0 Å². The van der Waals surface area contributed by atoms with E-state index in [0.29, 0.717) is 13.0 Å². The number of epoxide rings is 2. The van der Waals surface area contributed by atoms with Crippen molar-refractivity contribution >= 4 is 5.97 Å². The first-order valence-electron chi connectivity index (χ1n) is 11.5. The van der Waals surface area contributed by atoms with Crippen molar-refractivity contribution in [1.29, 1.82) is 0 Å².